The normalized spacial score (nSPS) is 13.2. The minimum atomic E-state index is -0.611. The number of aryl methyl sites for hydroxylation is 1. The first-order chi connectivity index (χ1) is 8.61. The van der Waals surface area contributed by atoms with Gasteiger partial charge in [0.2, 0.25) is 0 Å². The lowest BCUT2D eigenvalue weighted by Crippen LogP contribution is -2.16. The molecule has 0 aliphatic heterocycles. The van der Waals surface area contributed by atoms with E-state index in [9.17, 15) is 10.2 Å². The quantitative estimate of drug-likeness (QED) is 0.786. The van der Waals surface area contributed by atoms with Crippen LogP contribution < -0.4 is 0 Å². The average Bonchev–Trinajstić information content (AvgIpc) is 2.40. The number of rotatable bonds is 6. The summed E-state index contributed by atoms with van der Waals surface area (Å²) in [5, 5.41) is 18.9. The van der Waals surface area contributed by atoms with Crippen LogP contribution >= 0.6 is 15.9 Å². The molecule has 1 rings (SSSR count). The van der Waals surface area contributed by atoms with E-state index in [-0.39, 0.29) is 0 Å². The average molecular weight is 315 g/mol. The molecule has 0 aromatic heterocycles. The summed E-state index contributed by atoms with van der Waals surface area (Å²) in [5.41, 5.74) is 1.19. The Labute approximate surface area is 118 Å². The highest BCUT2D eigenvalue weighted by Gasteiger charge is 2.08. The van der Waals surface area contributed by atoms with Crippen LogP contribution in [0.5, 0.6) is 0 Å². The summed E-state index contributed by atoms with van der Waals surface area (Å²) < 4.78 is 1.05. The fourth-order valence-corrected chi connectivity index (χ4v) is 1.74. The lowest BCUT2D eigenvalue weighted by atomic mass is 10.0. The van der Waals surface area contributed by atoms with E-state index in [1.807, 2.05) is 38.1 Å². The molecule has 1 aromatic rings. The van der Waals surface area contributed by atoms with Gasteiger partial charge in [0, 0.05) is 10.9 Å². The van der Waals surface area contributed by atoms with Crippen LogP contribution in [-0.2, 0) is 6.42 Å². The zero-order chi connectivity index (χ0) is 14.0. The Morgan fingerprint density at radius 2 is 1.78 bits per heavy atom. The summed E-state index contributed by atoms with van der Waals surface area (Å²) in [7, 11) is 0. The van der Waals surface area contributed by atoms with Crippen molar-refractivity contribution >= 4 is 15.9 Å². The molecule has 2 nitrogen and oxygen atoms in total. The Bertz CT molecular complexity index is 322. The summed E-state index contributed by atoms with van der Waals surface area (Å²) in [6.45, 7) is 7.48. The van der Waals surface area contributed by atoms with Crippen molar-refractivity contribution in [1.82, 2.24) is 0 Å². The van der Waals surface area contributed by atoms with Crippen LogP contribution in [0.15, 0.2) is 41.4 Å². The molecule has 18 heavy (non-hydrogen) atoms. The second kappa shape index (κ2) is 10.3. The van der Waals surface area contributed by atoms with Gasteiger partial charge in [-0.25, -0.2) is 0 Å². The van der Waals surface area contributed by atoms with Crippen molar-refractivity contribution in [2.45, 2.75) is 45.3 Å². The Kier molecular flexibility index (Phi) is 9.93. The van der Waals surface area contributed by atoms with Crippen molar-refractivity contribution in [3.63, 3.8) is 0 Å². The third-order valence-corrected chi connectivity index (χ3v) is 2.99. The van der Waals surface area contributed by atoms with Gasteiger partial charge in [-0.1, -0.05) is 48.0 Å². The number of benzene rings is 1. The van der Waals surface area contributed by atoms with Gasteiger partial charge in [0.25, 0.3) is 0 Å². The first-order valence-corrected chi connectivity index (χ1v) is 7.14. The summed E-state index contributed by atoms with van der Waals surface area (Å²) in [6.07, 6.45) is 2.20. The van der Waals surface area contributed by atoms with Gasteiger partial charge in [0.05, 0.1) is 12.2 Å². The maximum Gasteiger partial charge on any atom is 0.0742 e. The summed E-state index contributed by atoms with van der Waals surface area (Å²) in [6, 6.07) is 8.03. The summed E-state index contributed by atoms with van der Waals surface area (Å²) in [5.74, 6) is 0. The van der Waals surface area contributed by atoms with Crippen molar-refractivity contribution in [2.75, 3.05) is 0 Å². The van der Waals surface area contributed by atoms with E-state index >= 15 is 0 Å². The van der Waals surface area contributed by atoms with E-state index < -0.39 is 12.2 Å². The summed E-state index contributed by atoms with van der Waals surface area (Å²) >= 11 is 3.37. The highest BCUT2D eigenvalue weighted by Crippen LogP contribution is 2.13. The largest absolute Gasteiger partial charge is 0.393 e. The molecule has 2 N–H and O–H groups in total. The van der Waals surface area contributed by atoms with Gasteiger partial charge < -0.3 is 10.2 Å². The van der Waals surface area contributed by atoms with Crippen LogP contribution in [0.25, 0.3) is 0 Å². The second-order valence-electron chi connectivity index (χ2n) is 3.86. The maximum atomic E-state index is 9.65. The van der Waals surface area contributed by atoms with Crippen LogP contribution in [-0.4, -0.2) is 22.4 Å². The van der Waals surface area contributed by atoms with Gasteiger partial charge in [0.1, 0.15) is 0 Å². The smallest absolute Gasteiger partial charge is 0.0742 e. The van der Waals surface area contributed by atoms with Crippen molar-refractivity contribution in [3.8, 4) is 0 Å². The van der Waals surface area contributed by atoms with Crippen LogP contribution in [0.3, 0.4) is 0 Å². The molecule has 0 saturated heterocycles. The topological polar surface area (TPSA) is 40.5 Å². The first kappa shape index (κ1) is 17.4. The van der Waals surface area contributed by atoms with E-state index in [2.05, 4.69) is 22.5 Å². The standard InChI is InChI=1S/C13H17BrO2.C2H6/c1-2-12(15)9-13(16)8-5-10-3-6-11(14)7-4-10;1-2/h2-4,6-7,12-13,15-16H,1,5,8-9H2;1-2H3. The molecule has 0 fully saturated rings. The van der Waals surface area contributed by atoms with Gasteiger partial charge in [0.15, 0.2) is 0 Å². The predicted molar refractivity (Wildman–Crippen MR) is 80.6 cm³/mol. The Balaban J connectivity index is 0.00000137. The van der Waals surface area contributed by atoms with E-state index in [0.29, 0.717) is 12.8 Å². The van der Waals surface area contributed by atoms with Crippen molar-refractivity contribution in [3.05, 3.63) is 47.0 Å². The fourth-order valence-electron chi connectivity index (χ4n) is 1.48. The van der Waals surface area contributed by atoms with Gasteiger partial charge in [-0.2, -0.15) is 0 Å². The highest BCUT2D eigenvalue weighted by molar-refractivity contribution is 9.10. The molecule has 0 aliphatic rings. The molecule has 102 valence electrons. The minimum absolute atomic E-state index is 0.361. The van der Waals surface area contributed by atoms with Gasteiger partial charge in [-0.05, 0) is 30.5 Å². The molecule has 0 heterocycles. The van der Waals surface area contributed by atoms with Crippen molar-refractivity contribution in [2.24, 2.45) is 0 Å². The van der Waals surface area contributed by atoms with Gasteiger partial charge in [-0.15, -0.1) is 6.58 Å². The van der Waals surface area contributed by atoms with Crippen LogP contribution in [0.1, 0.15) is 32.3 Å². The Morgan fingerprint density at radius 1 is 1.22 bits per heavy atom. The molecular formula is C15H23BrO2. The first-order valence-electron chi connectivity index (χ1n) is 6.35. The van der Waals surface area contributed by atoms with E-state index in [1.165, 1.54) is 11.6 Å². The Hall–Kier alpha value is -0.640. The molecule has 0 amide bonds. The zero-order valence-electron chi connectivity index (χ0n) is 11.1. The second-order valence-corrected chi connectivity index (χ2v) is 4.77. The lowest BCUT2D eigenvalue weighted by molar-refractivity contribution is 0.0981. The third kappa shape index (κ3) is 7.64. The molecule has 2 atom stereocenters. The molecule has 0 spiro atoms. The fraction of sp³-hybridized carbons (Fsp3) is 0.467. The van der Waals surface area contributed by atoms with E-state index in [4.69, 9.17) is 0 Å². The van der Waals surface area contributed by atoms with Gasteiger partial charge >= 0.3 is 0 Å². The van der Waals surface area contributed by atoms with Gasteiger partial charge in [-0.3, -0.25) is 0 Å². The number of hydrogen-bond acceptors (Lipinski definition) is 2. The SMILES string of the molecule is C=CC(O)CC(O)CCc1ccc(Br)cc1.CC. The molecule has 0 radical (unpaired) electrons. The van der Waals surface area contributed by atoms with Crippen molar-refractivity contribution < 1.29 is 10.2 Å². The molecule has 0 saturated carbocycles. The summed E-state index contributed by atoms with van der Waals surface area (Å²) in [4.78, 5) is 0. The molecule has 2 unspecified atom stereocenters. The number of halogens is 1. The molecule has 0 aliphatic carbocycles. The van der Waals surface area contributed by atoms with E-state index in [0.717, 1.165) is 10.9 Å². The molecular weight excluding hydrogens is 292 g/mol. The third-order valence-electron chi connectivity index (χ3n) is 2.47. The minimum Gasteiger partial charge on any atom is -0.393 e. The zero-order valence-corrected chi connectivity index (χ0v) is 12.7. The highest BCUT2D eigenvalue weighted by atomic mass is 79.9. The Morgan fingerprint density at radius 3 is 2.28 bits per heavy atom. The van der Waals surface area contributed by atoms with Crippen molar-refractivity contribution in [1.29, 1.82) is 0 Å². The number of aliphatic hydroxyl groups is 2. The van der Waals surface area contributed by atoms with Crippen LogP contribution in [0.2, 0.25) is 0 Å². The van der Waals surface area contributed by atoms with E-state index in [1.54, 1.807) is 0 Å². The molecule has 0 bridgehead atoms. The maximum absolute atomic E-state index is 9.65. The predicted octanol–water partition coefficient (Wildman–Crippen LogP) is 3.71. The van der Waals surface area contributed by atoms with Crippen LogP contribution in [0, 0.1) is 0 Å². The number of aliphatic hydroxyl groups excluding tert-OH is 2. The lowest BCUT2D eigenvalue weighted by Gasteiger charge is -2.12. The molecule has 1 aromatic carbocycles. The number of hydrogen-bond donors (Lipinski definition) is 2. The van der Waals surface area contributed by atoms with Crippen LogP contribution in [0.4, 0.5) is 0 Å². The monoisotopic (exact) mass is 314 g/mol. The molecule has 3 heteroatoms.